The molecule has 2 heterocycles. The predicted octanol–water partition coefficient (Wildman–Crippen LogP) is 7.46. The number of carbonyl (C=O) groups is 2. The van der Waals surface area contributed by atoms with E-state index in [0.29, 0.717) is 22.8 Å². The van der Waals surface area contributed by atoms with Gasteiger partial charge in [0.25, 0.3) is 11.8 Å². The summed E-state index contributed by atoms with van der Waals surface area (Å²) < 4.78 is 0. The highest BCUT2D eigenvalue weighted by atomic mass is 16.2. The summed E-state index contributed by atoms with van der Waals surface area (Å²) in [6.45, 7) is 0. The summed E-state index contributed by atoms with van der Waals surface area (Å²) in [6.07, 6.45) is 0. The van der Waals surface area contributed by atoms with Gasteiger partial charge < -0.3 is 20.6 Å². The Hall–Kier alpha value is -5.36. The van der Waals surface area contributed by atoms with Crippen molar-refractivity contribution in [2.24, 2.45) is 0 Å². The Balaban J connectivity index is 1.25. The van der Waals surface area contributed by atoms with Crippen molar-refractivity contribution in [3.63, 3.8) is 0 Å². The van der Waals surface area contributed by atoms with Crippen LogP contribution in [-0.2, 0) is 0 Å². The van der Waals surface area contributed by atoms with Crippen LogP contribution in [0.1, 0.15) is 21.0 Å². The van der Waals surface area contributed by atoms with E-state index in [9.17, 15) is 9.59 Å². The van der Waals surface area contributed by atoms with Crippen LogP contribution in [0.25, 0.3) is 43.4 Å². The Bertz CT molecular complexity index is 1820. The third-order valence-electron chi connectivity index (χ3n) is 6.92. The second-order valence-corrected chi connectivity index (χ2v) is 9.35. The number of rotatable bonds is 4. The van der Waals surface area contributed by atoms with Crippen molar-refractivity contribution in [1.29, 1.82) is 0 Å². The minimum absolute atomic E-state index is 0.214. The largest absolute Gasteiger partial charge is 0.351 e. The van der Waals surface area contributed by atoms with E-state index in [2.05, 4.69) is 26.7 Å². The summed E-state index contributed by atoms with van der Waals surface area (Å²) in [5.74, 6) is -0.427. The number of H-pyrrole nitrogens is 2. The van der Waals surface area contributed by atoms with Gasteiger partial charge in [-0.15, -0.1) is 0 Å². The van der Waals surface area contributed by atoms with Crippen molar-refractivity contribution in [2.45, 2.75) is 0 Å². The molecule has 0 saturated carbocycles. The lowest BCUT2D eigenvalue weighted by Crippen LogP contribution is -2.13. The summed E-state index contributed by atoms with van der Waals surface area (Å²) in [6, 6.07) is 35.1. The standard InChI is InChI=1S/C32H22N4O2/c37-31(29-16-21-7-1-3-11-25(21)33-29)35-27-13-5-9-19-15-20-10-6-14-28(24(20)18-23(19)27)36-32(38)30-17-22-8-2-4-12-26(22)34-30/h1-18,33-34H,(H,35,37)(H,36,38). The molecule has 0 unspecified atom stereocenters. The number of hydrogen-bond donors (Lipinski definition) is 4. The molecule has 0 aliphatic heterocycles. The van der Waals surface area contributed by atoms with Gasteiger partial charge in [0.05, 0.1) is 0 Å². The van der Waals surface area contributed by atoms with Crippen LogP contribution < -0.4 is 10.6 Å². The molecule has 7 aromatic rings. The molecule has 0 atom stereocenters. The van der Waals surface area contributed by atoms with Crippen LogP contribution in [0.5, 0.6) is 0 Å². The number of benzene rings is 5. The lowest BCUT2D eigenvalue weighted by atomic mass is 10.0. The number of aromatic amines is 2. The summed E-state index contributed by atoms with van der Waals surface area (Å²) >= 11 is 0. The molecule has 2 amide bonds. The van der Waals surface area contributed by atoms with Crippen LogP contribution in [0.2, 0.25) is 0 Å². The molecule has 4 N–H and O–H groups in total. The third-order valence-corrected chi connectivity index (χ3v) is 6.92. The smallest absolute Gasteiger partial charge is 0.272 e. The van der Waals surface area contributed by atoms with Crippen LogP contribution in [0.3, 0.4) is 0 Å². The summed E-state index contributed by atoms with van der Waals surface area (Å²) in [4.78, 5) is 32.6. The van der Waals surface area contributed by atoms with Crippen LogP contribution in [-0.4, -0.2) is 21.8 Å². The van der Waals surface area contributed by atoms with Gasteiger partial charge in [0.1, 0.15) is 11.4 Å². The summed E-state index contributed by atoms with van der Waals surface area (Å²) in [5, 5.41) is 11.9. The maximum atomic E-state index is 13.1. The van der Waals surface area contributed by atoms with Crippen molar-refractivity contribution in [3.8, 4) is 0 Å². The van der Waals surface area contributed by atoms with Crippen LogP contribution in [0.15, 0.2) is 109 Å². The molecule has 0 spiro atoms. The maximum Gasteiger partial charge on any atom is 0.272 e. The number of amides is 2. The topological polar surface area (TPSA) is 89.8 Å². The maximum absolute atomic E-state index is 13.1. The molecule has 2 aromatic heterocycles. The minimum atomic E-state index is -0.214. The number of hydrogen-bond acceptors (Lipinski definition) is 2. The van der Waals surface area contributed by atoms with Gasteiger partial charge in [0.2, 0.25) is 0 Å². The Morgan fingerprint density at radius 3 is 1.39 bits per heavy atom. The number of carbonyl (C=O) groups excluding carboxylic acids is 2. The van der Waals surface area contributed by atoms with Gasteiger partial charge in [-0.3, -0.25) is 9.59 Å². The van der Waals surface area contributed by atoms with E-state index in [1.165, 1.54) is 0 Å². The lowest BCUT2D eigenvalue weighted by molar-refractivity contribution is 0.101. The highest BCUT2D eigenvalue weighted by Crippen LogP contribution is 2.33. The van der Waals surface area contributed by atoms with E-state index in [-0.39, 0.29) is 11.8 Å². The molecule has 6 heteroatoms. The van der Waals surface area contributed by atoms with E-state index in [1.54, 1.807) is 0 Å². The first-order valence-corrected chi connectivity index (χ1v) is 12.4. The van der Waals surface area contributed by atoms with Gasteiger partial charge in [-0.05, 0) is 59.3 Å². The molecular formula is C32H22N4O2. The zero-order chi connectivity index (χ0) is 25.6. The van der Waals surface area contributed by atoms with Crippen LogP contribution in [0.4, 0.5) is 11.4 Å². The number of para-hydroxylation sites is 2. The molecule has 0 aliphatic rings. The van der Waals surface area contributed by atoms with Crippen LogP contribution in [0, 0.1) is 0 Å². The third kappa shape index (κ3) is 3.76. The second kappa shape index (κ2) is 8.64. The van der Waals surface area contributed by atoms with Crippen molar-refractivity contribution in [3.05, 3.63) is 121 Å². The van der Waals surface area contributed by atoms with Crippen molar-refractivity contribution < 1.29 is 9.59 Å². The number of anilines is 2. The highest BCUT2D eigenvalue weighted by Gasteiger charge is 2.14. The van der Waals surface area contributed by atoms with Gasteiger partial charge in [-0.1, -0.05) is 60.7 Å². The highest BCUT2D eigenvalue weighted by molar-refractivity contribution is 6.15. The number of fused-ring (bicyclic) bond motifs is 4. The quantitative estimate of drug-likeness (QED) is 0.191. The molecule has 182 valence electrons. The predicted molar refractivity (Wildman–Crippen MR) is 154 cm³/mol. The summed E-state index contributed by atoms with van der Waals surface area (Å²) in [5.41, 5.74) is 4.22. The molecule has 6 nitrogen and oxygen atoms in total. The molecule has 7 rings (SSSR count). The minimum Gasteiger partial charge on any atom is -0.351 e. The number of aromatic nitrogens is 2. The van der Waals surface area contributed by atoms with E-state index in [1.807, 2.05) is 103 Å². The monoisotopic (exact) mass is 494 g/mol. The van der Waals surface area contributed by atoms with Gasteiger partial charge in [-0.2, -0.15) is 0 Å². The first kappa shape index (κ1) is 21.9. The van der Waals surface area contributed by atoms with E-state index >= 15 is 0 Å². The fourth-order valence-electron chi connectivity index (χ4n) is 5.04. The van der Waals surface area contributed by atoms with Crippen molar-refractivity contribution >= 4 is 66.5 Å². The molecule has 0 fully saturated rings. The van der Waals surface area contributed by atoms with Crippen molar-refractivity contribution in [1.82, 2.24) is 9.97 Å². The average Bonchev–Trinajstić information content (AvgIpc) is 3.57. The first-order valence-electron chi connectivity index (χ1n) is 12.4. The van der Waals surface area contributed by atoms with Crippen LogP contribution >= 0.6 is 0 Å². The fourth-order valence-corrected chi connectivity index (χ4v) is 5.04. The lowest BCUT2D eigenvalue weighted by Gasteiger charge is -2.12. The van der Waals surface area contributed by atoms with Gasteiger partial charge in [0, 0.05) is 44.0 Å². The molecule has 0 bridgehead atoms. The fraction of sp³-hybridized carbons (Fsp3) is 0. The molecular weight excluding hydrogens is 472 g/mol. The van der Waals surface area contributed by atoms with E-state index in [0.717, 1.165) is 43.4 Å². The summed E-state index contributed by atoms with van der Waals surface area (Å²) in [7, 11) is 0. The Morgan fingerprint density at radius 1 is 0.474 bits per heavy atom. The average molecular weight is 495 g/mol. The van der Waals surface area contributed by atoms with Gasteiger partial charge >= 0.3 is 0 Å². The van der Waals surface area contributed by atoms with E-state index < -0.39 is 0 Å². The molecule has 5 aromatic carbocycles. The molecule has 0 saturated heterocycles. The van der Waals surface area contributed by atoms with E-state index in [4.69, 9.17) is 0 Å². The Kier molecular flexibility index (Phi) is 4.97. The SMILES string of the molecule is O=C(Nc1cccc2cc3cccc(NC(=O)c4cc5ccccc5[nH]4)c3cc12)c1cc2ccccc2[nH]1. The zero-order valence-corrected chi connectivity index (χ0v) is 20.2. The Labute approximate surface area is 217 Å². The second-order valence-electron chi connectivity index (χ2n) is 9.35. The zero-order valence-electron chi connectivity index (χ0n) is 20.2. The van der Waals surface area contributed by atoms with Crippen molar-refractivity contribution in [2.75, 3.05) is 10.6 Å². The van der Waals surface area contributed by atoms with Gasteiger partial charge in [0.15, 0.2) is 0 Å². The molecule has 0 aliphatic carbocycles. The molecule has 38 heavy (non-hydrogen) atoms. The normalized spacial score (nSPS) is 11.4. The Morgan fingerprint density at radius 2 is 0.921 bits per heavy atom. The van der Waals surface area contributed by atoms with Gasteiger partial charge in [-0.25, -0.2) is 0 Å². The first-order chi connectivity index (χ1) is 18.6. The molecule has 0 radical (unpaired) electrons. The number of nitrogens with one attached hydrogen (secondary N) is 4.